The van der Waals surface area contributed by atoms with Crippen LogP contribution >= 0.6 is 38.6 Å². The molecule has 0 unspecified atom stereocenters. The zero-order valence-electron chi connectivity index (χ0n) is 10.5. The molecule has 0 atom stereocenters. The van der Waals surface area contributed by atoms with Crippen molar-refractivity contribution in [3.8, 4) is 6.07 Å². The molecule has 0 aromatic carbocycles. The first kappa shape index (κ1) is 13.8. The summed E-state index contributed by atoms with van der Waals surface area (Å²) in [5.41, 5.74) is 1.80. The van der Waals surface area contributed by atoms with Gasteiger partial charge in [0.2, 0.25) is 0 Å². The first-order chi connectivity index (χ1) is 9.70. The van der Waals surface area contributed by atoms with Gasteiger partial charge in [-0.2, -0.15) is 5.26 Å². The van der Waals surface area contributed by atoms with Gasteiger partial charge in [0.05, 0.1) is 5.56 Å². The normalized spacial score (nSPS) is 13.6. The van der Waals surface area contributed by atoms with E-state index >= 15 is 0 Å². The van der Waals surface area contributed by atoms with Crippen molar-refractivity contribution < 1.29 is 4.79 Å². The highest BCUT2D eigenvalue weighted by Crippen LogP contribution is 2.38. The number of amides is 1. The Morgan fingerprint density at radius 2 is 2.20 bits per heavy atom. The van der Waals surface area contributed by atoms with Gasteiger partial charge in [0.15, 0.2) is 0 Å². The van der Waals surface area contributed by atoms with Gasteiger partial charge in [-0.15, -0.1) is 22.7 Å². The highest BCUT2D eigenvalue weighted by atomic mass is 79.9. The summed E-state index contributed by atoms with van der Waals surface area (Å²) in [7, 11) is 0. The van der Waals surface area contributed by atoms with E-state index in [2.05, 4.69) is 27.3 Å². The standard InChI is InChI=1S/C14H11BrN2OS2/c15-10-5-6-19-12(10)13(18)17-14-9(7-16)8-3-1-2-4-11(8)20-14/h5-6H,1-4H2,(H,17,18). The Kier molecular flexibility index (Phi) is 3.92. The highest BCUT2D eigenvalue weighted by molar-refractivity contribution is 9.10. The molecule has 0 spiro atoms. The zero-order chi connectivity index (χ0) is 14.1. The molecular formula is C14H11BrN2OS2. The average Bonchev–Trinajstić information content (AvgIpc) is 3.01. The lowest BCUT2D eigenvalue weighted by Crippen LogP contribution is -2.10. The molecule has 1 N–H and O–H groups in total. The Hall–Kier alpha value is -1.16. The Bertz CT molecular complexity index is 711. The van der Waals surface area contributed by atoms with Crippen molar-refractivity contribution in [1.82, 2.24) is 0 Å². The second-order valence-electron chi connectivity index (χ2n) is 4.58. The summed E-state index contributed by atoms with van der Waals surface area (Å²) in [6.07, 6.45) is 4.27. The Labute approximate surface area is 133 Å². The molecule has 0 aliphatic heterocycles. The van der Waals surface area contributed by atoms with Gasteiger partial charge in [0.1, 0.15) is 15.9 Å². The van der Waals surface area contributed by atoms with Crippen LogP contribution in [0.25, 0.3) is 0 Å². The van der Waals surface area contributed by atoms with E-state index in [9.17, 15) is 10.1 Å². The summed E-state index contributed by atoms with van der Waals surface area (Å²) in [5.74, 6) is -0.151. The number of nitrogens with one attached hydrogen (secondary N) is 1. The summed E-state index contributed by atoms with van der Waals surface area (Å²) in [5, 5.41) is 14.8. The third-order valence-corrected chi connectivity index (χ3v) is 6.38. The summed E-state index contributed by atoms with van der Waals surface area (Å²) < 4.78 is 0.792. The van der Waals surface area contributed by atoms with Crippen LogP contribution in [0.5, 0.6) is 0 Å². The largest absolute Gasteiger partial charge is 0.312 e. The number of hydrogen-bond donors (Lipinski definition) is 1. The van der Waals surface area contributed by atoms with Crippen LogP contribution in [-0.2, 0) is 12.8 Å². The number of halogens is 1. The number of fused-ring (bicyclic) bond motifs is 1. The van der Waals surface area contributed by atoms with E-state index in [1.807, 2.05) is 11.4 Å². The molecule has 1 amide bonds. The molecule has 3 rings (SSSR count). The molecule has 1 aliphatic carbocycles. The van der Waals surface area contributed by atoms with Crippen molar-refractivity contribution in [1.29, 1.82) is 5.26 Å². The fraction of sp³-hybridized carbons (Fsp3) is 0.286. The molecule has 6 heteroatoms. The van der Waals surface area contributed by atoms with Crippen LogP contribution < -0.4 is 5.32 Å². The lowest BCUT2D eigenvalue weighted by Gasteiger charge is -2.09. The molecule has 0 bridgehead atoms. The van der Waals surface area contributed by atoms with Crippen molar-refractivity contribution in [2.75, 3.05) is 5.32 Å². The van der Waals surface area contributed by atoms with Crippen LogP contribution in [0.15, 0.2) is 15.9 Å². The third-order valence-electron chi connectivity index (χ3n) is 3.33. The Balaban J connectivity index is 1.92. The van der Waals surface area contributed by atoms with Crippen LogP contribution in [0, 0.1) is 11.3 Å². The maximum Gasteiger partial charge on any atom is 0.267 e. The molecule has 0 radical (unpaired) electrons. The second-order valence-corrected chi connectivity index (χ2v) is 7.45. The molecule has 0 fully saturated rings. The van der Waals surface area contributed by atoms with Crippen molar-refractivity contribution >= 4 is 49.5 Å². The number of aryl methyl sites for hydroxylation is 1. The molecule has 1 aliphatic rings. The van der Waals surface area contributed by atoms with Crippen LogP contribution in [-0.4, -0.2) is 5.91 Å². The first-order valence-electron chi connectivity index (χ1n) is 6.29. The molecule has 2 aromatic rings. The number of nitriles is 1. The van der Waals surface area contributed by atoms with Gasteiger partial charge < -0.3 is 5.32 Å². The molecule has 3 nitrogen and oxygen atoms in total. The molecule has 0 saturated carbocycles. The van der Waals surface area contributed by atoms with Crippen LogP contribution in [0.3, 0.4) is 0 Å². The van der Waals surface area contributed by atoms with E-state index in [0.717, 1.165) is 29.3 Å². The predicted molar refractivity (Wildman–Crippen MR) is 85.6 cm³/mol. The molecule has 0 saturated heterocycles. The summed E-state index contributed by atoms with van der Waals surface area (Å²) in [6.45, 7) is 0. The van der Waals surface area contributed by atoms with E-state index in [1.165, 1.54) is 22.6 Å². The van der Waals surface area contributed by atoms with Gasteiger partial charge in [-0.3, -0.25) is 4.79 Å². The average molecular weight is 367 g/mol. The number of anilines is 1. The van der Waals surface area contributed by atoms with Crippen molar-refractivity contribution in [3.63, 3.8) is 0 Å². The van der Waals surface area contributed by atoms with Gasteiger partial charge in [-0.25, -0.2) is 0 Å². The number of hydrogen-bond acceptors (Lipinski definition) is 4. The van der Waals surface area contributed by atoms with Crippen LogP contribution in [0.2, 0.25) is 0 Å². The summed E-state index contributed by atoms with van der Waals surface area (Å²) >= 11 is 6.30. The maximum absolute atomic E-state index is 12.2. The summed E-state index contributed by atoms with van der Waals surface area (Å²) in [6, 6.07) is 4.11. The molecule has 2 heterocycles. The van der Waals surface area contributed by atoms with Crippen LogP contribution in [0.4, 0.5) is 5.00 Å². The minimum atomic E-state index is -0.151. The lowest BCUT2D eigenvalue weighted by molar-refractivity contribution is 0.103. The predicted octanol–water partition coefficient (Wildman–Crippen LogP) is 4.57. The van der Waals surface area contributed by atoms with Crippen molar-refractivity contribution in [2.45, 2.75) is 25.7 Å². The Morgan fingerprint density at radius 1 is 1.40 bits per heavy atom. The van der Waals surface area contributed by atoms with E-state index in [-0.39, 0.29) is 5.91 Å². The van der Waals surface area contributed by atoms with E-state index in [0.29, 0.717) is 15.4 Å². The van der Waals surface area contributed by atoms with Gasteiger partial charge >= 0.3 is 0 Å². The topological polar surface area (TPSA) is 52.9 Å². The number of nitrogens with zero attached hydrogens (tertiary/aromatic N) is 1. The number of carbonyl (C=O) groups excluding carboxylic acids is 1. The minimum absolute atomic E-state index is 0.151. The third kappa shape index (κ3) is 2.41. The molecule has 2 aromatic heterocycles. The lowest BCUT2D eigenvalue weighted by atomic mass is 9.96. The van der Waals surface area contributed by atoms with Gasteiger partial charge in [0, 0.05) is 9.35 Å². The highest BCUT2D eigenvalue weighted by Gasteiger charge is 2.22. The van der Waals surface area contributed by atoms with Gasteiger partial charge in [-0.05, 0) is 58.6 Å². The van der Waals surface area contributed by atoms with E-state index in [1.54, 1.807) is 11.3 Å². The van der Waals surface area contributed by atoms with Crippen molar-refractivity contribution in [2.24, 2.45) is 0 Å². The van der Waals surface area contributed by atoms with E-state index in [4.69, 9.17) is 0 Å². The minimum Gasteiger partial charge on any atom is -0.312 e. The first-order valence-corrected chi connectivity index (χ1v) is 8.78. The fourth-order valence-corrected chi connectivity index (χ4v) is 5.07. The van der Waals surface area contributed by atoms with E-state index < -0.39 is 0 Å². The fourth-order valence-electron chi connectivity index (χ4n) is 2.39. The van der Waals surface area contributed by atoms with Gasteiger partial charge in [0.25, 0.3) is 5.91 Å². The monoisotopic (exact) mass is 366 g/mol. The quantitative estimate of drug-likeness (QED) is 0.845. The van der Waals surface area contributed by atoms with Crippen molar-refractivity contribution in [3.05, 3.63) is 36.8 Å². The van der Waals surface area contributed by atoms with Crippen LogP contribution in [0.1, 0.15) is 38.5 Å². The summed E-state index contributed by atoms with van der Waals surface area (Å²) in [4.78, 5) is 14.1. The second kappa shape index (κ2) is 5.68. The number of rotatable bonds is 2. The zero-order valence-corrected chi connectivity index (χ0v) is 13.8. The SMILES string of the molecule is N#Cc1c(NC(=O)c2sccc2Br)sc2c1CCCC2. The number of carbonyl (C=O) groups is 1. The maximum atomic E-state index is 12.2. The molecule has 102 valence electrons. The van der Waals surface area contributed by atoms with Gasteiger partial charge in [-0.1, -0.05) is 0 Å². The molecule has 20 heavy (non-hydrogen) atoms. The smallest absolute Gasteiger partial charge is 0.267 e. The Morgan fingerprint density at radius 3 is 2.90 bits per heavy atom. The number of thiophene rings is 2. The molecular weight excluding hydrogens is 356 g/mol.